The zero-order valence-corrected chi connectivity index (χ0v) is 12.2. The smallest absolute Gasteiger partial charge is 0.333 e. The largest absolute Gasteiger partial charge is 0.479 e. The Hall–Kier alpha value is -0.620. The van der Waals surface area contributed by atoms with E-state index in [4.69, 9.17) is 9.84 Å². The highest BCUT2D eigenvalue weighted by atomic mass is 127. The summed E-state index contributed by atoms with van der Waals surface area (Å²) in [5, 5.41) is 9.08. The van der Waals surface area contributed by atoms with Crippen LogP contribution in [0.15, 0.2) is 24.3 Å². The van der Waals surface area contributed by atoms with Gasteiger partial charge in [0.2, 0.25) is 0 Å². The van der Waals surface area contributed by atoms with Crippen molar-refractivity contribution in [2.24, 2.45) is 5.92 Å². The molecule has 0 saturated carbocycles. The summed E-state index contributed by atoms with van der Waals surface area (Å²) in [7, 11) is 0. The summed E-state index contributed by atoms with van der Waals surface area (Å²) in [6, 6.07) is 7.82. The maximum atomic E-state index is 11.1. The molecule has 4 heteroatoms. The van der Waals surface area contributed by atoms with E-state index in [1.807, 2.05) is 38.1 Å². The van der Waals surface area contributed by atoms with E-state index in [0.29, 0.717) is 18.9 Å². The molecule has 1 aromatic rings. The van der Waals surface area contributed by atoms with Crippen molar-refractivity contribution in [2.75, 3.05) is 6.61 Å². The number of halogens is 1. The molecule has 17 heavy (non-hydrogen) atoms. The van der Waals surface area contributed by atoms with Crippen LogP contribution < -0.4 is 0 Å². The van der Waals surface area contributed by atoms with E-state index in [-0.39, 0.29) is 0 Å². The molecule has 0 aliphatic carbocycles. The van der Waals surface area contributed by atoms with Gasteiger partial charge in [0.25, 0.3) is 0 Å². The molecule has 0 amide bonds. The van der Waals surface area contributed by atoms with Gasteiger partial charge < -0.3 is 9.84 Å². The average molecular weight is 348 g/mol. The fraction of sp³-hybridized carbons (Fsp3) is 0.462. The SMILES string of the molecule is CC(C)COC(Cc1ccc(I)cc1)C(=O)O. The Balaban J connectivity index is 2.60. The van der Waals surface area contributed by atoms with Crippen molar-refractivity contribution in [3.05, 3.63) is 33.4 Å². The molecule has 1 rings (SSSR count). The predicted molar refractivity (Wildman–Crippen MR) is 75.1 cm³/mol. The predicted octanol–water partition coefficient (Wildman–Crippen LogP) is 2.96. The molecule has 1 unspecified atom stereocenters. The number of aliphatic carboxylic acids is 1. The minimum Gasteiger partial charge on any atom is -0.479 e. The van der Waals surface area contributed by atoms with E-state index in [2.05, 4.69) is 22.6 Å². The van der Waals surface area contributed by atoms with Crippen molar-refractivity contribution >= 4 is 28.6 Å². The lowest BCUT2D eigenvalue weighted by molar-refractivity contribution is -0.150. The minimum absolute atomic E-state index is 0.341. The van der Waals surface area contributed by atoms with Gasteiger partial charge in [0.05, 0.1) is 6.61 Å². The second-order valence-corrected chi connectivity index (χ2v) is 5.63. The zero-order chi connectivity index (χ0) is 12.8. The molecule has 94 valence electrons. The average Bonchev–Trinajstić information content (AvgIpc) is 2.26. The first-order chi connectivity index (χ1) is 7.99. The number of hydrogen-bond donors (Lipinski definition) is 1. The Bertz CT molecular complexity index is 359. The lowest BCUT2D eigenvalue weighted by atomic mass is 10.1. The van der Waals surface area contributed by atoms with Crippen molar-refractivity contribution in [2.45, 2.75) is 26.4 Å². The fourth-order valence-corrected chi connectivity index (χ4v) is 1.72. The third-order valence-corrected chi connectivity index (χ3v) is 2.96. The van der Waals surface area contributed by atoms with Crippen molar-refractivity contribution < 1.29 is 14.6 Å². The second-order valence-electron chi connectivity index (χ2n) is 4.38. The third-order valence-electron chi connectivity index (χ3n) is 2.24. The number of carbonyl (C=O) groups is 1. The van der Waals surface area contributed by atoms with Crippen molar-refractivity contribution in [1.29, 1.82) is 0 Å². The summed E-state index contributed by atoms with van der Waals surface area (Å²) in [6.07, 6.45) is -0.337. The van der Waals surface area contributed by atoms with Gasteiger partial charge in [0.1, 0.15) is 0 Å². The van der Waals surface area contributed by atoms with E-state index in [1.54, 1.807) is 0 Å². The van der Waals surface area contributed by atoms with Crippen molar-refractivity contribution in [3.8, 4) is 0 Å². The Morgan fingerprint density at radius 2 is 1.94 bits per heavy atom. The molecule has 1 N–H and O–H groups in total. The first kappa shape index (κ1) is 14.4. The fourth-order valence-electron chi connectivity index (χ4n) is 1.36. The molecule has 0 aromatic heterocycles. The molecule has 0 spiro atoms. The van der Waals surface area contributed by atoms with Gasteiger partial charge in [-0.15, -0.1) is 0 Å². The minimum atomic E-state index is -0.899. The molecule has 0 radical (unpaired) electrons. The molecule has 1 aromatic carbocycles. The van der Waals surface area contributed by atoms with Crippen LogP contribution in [0.25, 0.3) is 0 Å². The molecular formula is C13H17IO3. The molecule has 1 atom stereocenters. The molecular weight excluding hydrogens is 331 g/mol. The van der Waals surface area contributed by atoms with Gasteiger partial charge in [-0.25, -0.2) is 4.79 Å². The molecule has 0 saturated heterocycles. The first-order valence-electron chi connectivity index (χ1n) is 5.58. The summed E-state index contributed by atoms with van der Waals surface area (Å²) in [5.74, 6) is -0.558. The summed E-state index contributed by atoms with van der Waals surface area (Å²) in [6.45, 7) is 4.48. The molecule has 0 fully saturated rings. The second kappa shape index (κ2) is 6.96. The zero-order valence-electron chi connectivity index (χ0n) is 10.0. The van der Waals surface area contributed by atoms with Gasteiger partial charge in [-0.3, -0.25) is 0 Å². The van der Waals surface area contributed by atoms with Gasteiger partial charge in [-0.1, -0.05) is 26.0 Å². The van der Waals surface area contributed by atoms with Crippen LogP contribution in [-0.2, 0) is 16.0 Å². The quantitative estimate of drug-likeness (QED) is 0.804. The number of carboxylic acids is 1. The maximum Gasteiger partial charge on any atom is 0.333 e. The molecule has 0 heterocycles. The van der Waals surface area contributed by atoms with Gasteiger partial charge in [0.15, 0.2) is 6.10 Å². The van der Waals surface area contributed by atoms with E-state index in [0.717, 1.165) is 9.13 Å². The maximum absolute atomic E-state index is 11.1. The summed E-state index contributed by atoms with van der Waals surface area (Å²) in [5.41, 5.74) is 0.988. The monoisotopic (exact) mass is 348 g/mol. The van der Waals surface area contributed by atoms with Crippen LogP contribution in [0.3, 0.4) is 0 Å². The summed E-state index contributed by atoms with van der Waals surface area (Å²) in [4.78, 5) is 11.1. The summed E-state index contributed by atoms with van der Waals surface area (Å²) < 4.78 is 6.54. The normalized spacial score (nSPS) is 12.7. The Kier molecular flexibility index (Phi) is 5.91. The van der Waals surface area contributed by atoms with Gasteiger partial charge in [-0.2, -0.15) is 0 Å². The van der Waals surface area contributed by atoms with Gasteiger partial charge in [0, 0.05) is 9.99 Å². The number of benzene rings is 1. The highest BCUT2D eigenvalue weighted by Crippen LogP contribution is 2.11. The van der Waals surface area contributed by atoms with E-state index in [1.165, 1.54) is 0 Å². The van der Waals surface area contributed by atoms with Crippen LogP contribution in [0.5, 0.6) is 0 Å². The first-order valence-corrected chi connectivity index (χ1v) is 6.65. The summed E-state index contributed by atoms with van der Waals surface area (Å²) >= 11 is 2.22. The Morgan fingerprint density at radius 1 is 1.35 bits per heavy atom. The van der Waals surface area contributed by atoms with Gasteiger partial charge >= 0.3 is 5.97 Å². The molecule has 0 aliphatic heterocycles. The highest BCUT2D eigenvalue weighted by Gasteiger charge is 2.18. The van der Waals surface area contributed by atoms with E-state index < -0.39 is 12.1 Å². The van der Waals surface area contributed by atoms with Crippen LogP contribution >= 0.6 is 22.6 Å². The van der Waals surface area contributed by atoms with Crippen molar-refractivity contribution in [1.82, 2.24) is 0 Å². The number of hydrogen-bond acceptors (Lipinski definition) is 2. The lowest BCUT2D eigenvalue weighted by Gasteiger charge is -2.15. The lowest BCUT2D eigenvalue weighted by Crippen LogP contribution is -2.28. The third kappa shape index (κ3) is 5.50. The molecule has 0 bridgehead atoms. The molecule has 0 aliphatic rings. The number of ether oxygens (including phenoxy) is 1. The van der Waals surface area contributed by atoms with Gasteiger partial charge in [-0.05, 0) is 46.2 Å². The standard InChI is InChI=1S/C13H17IO3/c1-9(2)8-17-12(13(15)16)7-10-3-5-11(14)6-4-10/h3-6,9,12H,7-8H2,1-2H3,(H,15,16). The highest BCUT2D eigenvalue weighted by molar-refractivity contribution is 14.1. The number of carboxylic acid groups (broad SMARTS) is 1. The van der Waals surface area contributed by atoms with E-state index >= 15 is 0 Å². The van der Waals surface area contributed by atoms with Crippen molar-refractivity contribution in [3.63, 3.8) is 0 Å². The van der Waals surface area contributed by atoms with Crippen LogP contribution in [0.1, 0.15) is 19.4 Å². The number of rotatable bonds is 6. The Morgan fingerprint density at radius 3 is 2.41 bits per heavy atom. The molecule has 3 nitrogen and oxygen atoms in total. The van der Waals surface area contributed by atoms with Crippen LogP contribution in [0.4, 0.5) is 0 Å². The van der Waals surface area contributed by atoms with E-state index in [9.17, 15) is 4.79 Å². The van der Waals surface area contributed by atoms with Crippen LogP contribution in [0, 0.1) is 9.49 Å². The van der Waals surface area contributed by atoms with Crippen LogP contribution in [0.2, 0.25) is 0 Å². The topological polar surface area (TPSA) is 46.5 Å². The Labute approximate surface area is 115 Å². The van der Waals surface area contributed by atoms with Crippen LogP contribution in [-0.4, -0.2) is 23.8 Å².